The molecule has 5 heteroatoms. The van der Waals surface area contributed by atoms with Gasteiger partial charge in [-0.3, -0.25) is 4.79 Å². The summed E-state index contributed by atoms with van der Waals surface area (Å²) in [7, 11) is 0. The summed E-state index contributed by atoms with van der Waals surface area (Å²) in [6, 6.07) is 7.62. The predicted molar refractivity (Wildman–Crippen MR) is 74.7 cm³/mol. The Labute approximate surface area is 119 Å². The van der Waals surface area contributed by atoms with Crippen LogP contribution in [-0.2, 0) is 14.3 Å². The summed E-state index contributed by atoms with van der Waals surface area (Å²) < 4.78 is 16.3. The van der Waals surface area contributed by atoms with Gasteiger partial charge < -0.3 is 19.5 Å². The second-order valence-corrected chi connectivity index (χ2v) is 4.49. The van der Waals surface area contributed by atoms with E-state index in [1.165, 1.54) is 0 Å². The summed E-state index contributed by atoms with van der Waals surface area (Å²) in [5.41, 5.74) is 0.939. The second-order valence-electron chi connectivity index (χ2n) is 4.49. The minimum absolute atomic E-state index is 0.0562. The van der Waals surface area contributed by atoms with Crippen molar-refractivity contribution in [2.45, 2.75) is 26.1 Å². The van der Waals surface area contributed by atoms with Crippen LogP contribution in [0.4, 0.5) is 0 Å². The monoisotopic (exact) mass is 279 g/mol. The van der Waals surface area contributed by atoms with E-state index in [0.29, 0.717) is 26.4 Å². The Hall–Kier alpha value is -1.59. The average Bonchev–Trinajstić information content (AvgIpc) is 2.89. The molecule has 0 bridgehead atoms. The third-order valence-electron chi connectivity index (χ3n) is 3.16. The minimum Gasteiger partial charge on any atom is -0.492 e. The molecule has 0 saturated heterocycles. The van der Waals surface area contributed by atoms with Crippen molar-refractivity contribution in [1.82, 2.24) is 5.32 Å². The summed E-state index contributed by atoms with van der Waals surface area (Å²) in [4.78, 5) is 12.2. The van der Waals surface area contributed by atoms with Gasteiger partial charge >= 0.3 is 0 Å². The Balaban J connectivity index is 1.89. The normalized spacial score (nSPS) is 16.9. The van der Waals surface area contributed by atoms with Gasteiger partial charge in [0.2, 0.25) is 5.91 Å². The van der Waals surface area contributed by atoms with Crippen LogP contribution in [0.2, 0.25) is 0 Å². The fourth-order valence-electron chi connectivity index (χ4n) is 2.22. The Morgan fingerprint density at radius 2 is 2.05 bits per heavy atom. The molecular formula is C15H21NO4. The number of para-hydroxylation sites is 1. The number of benzene rings is 1. The zero-order valence-electron chi connectivity index (χ0n) is 11.9. The fraction of sp³-hybridized carbons (Fsp3) is 0.533. The lowest BCUT2D eigenvalue weighted by atomic mass is 10.0. The van der Waals surface area contributed by atoms with E-state index >= 15 is 0 Å². The van der Waals surface area contributed by atoms with Crippen LogP contribution in [0.5, 0.6) is 5.75 Å². The Morgan fingerprint density at radius 1 is 1.35 bits per heavy atom. The molecule has 1 N–H and O–H groups in total. The van der Waals surface area contributed by atoms with E-state index in [9.17, 15) is 4.79 Å². The highest BCUT2D eigenvalue weighted by atomic mass is 16.7. The molecule has 0 aliphatic carbocycles. The molecule has 110 valence electrons. The first kappa shape index (κ1) is 14.8. The van der Waals surface area contributed by atoms with Crippen LogP contribution in [0, 0.1) is 0 Å². The third kappa shape index (κ3) is 3.49. The van der Waals surface area contributed by atoms with E-state index in [-0.39, 0.29) is 11.8 Å². The van der Waals surface area contributed by atoms with Gasteiger partial charge in [0.25, 0.3) is 0 Å². The number of carbonyl (C=O) groups excluding carboxylic acids is 1. The van der Waals surface area contributed by atoms with Crippen LogP contribution in [0.1, 0.15) is 25.3 Å². The van der Waals surface area contributed by atoms with E-state index in [1.807, 2.05) is 38.1 Å². The van der Waals surface area contributed by atoms with E-state index in [0.717, 1.165) is 11.3 Å². The highest BCUT2D eigenvalue weighted by molar-refractivity contribution is 5.85. The Kier molecular flexibility index (Phi) is 5.38. The minimum atomic E-state index is -0.397. The van der Waals surface area contributed by atoms with Gasteiger partial charge in [0.1, 0.15) is 18.3 Å². The molecule has 0 aromatic heterocycles. The van der Waals surface area contributed by atoms with Crippen molar-refractivity contribution in [2.75, 3.05) is 26.4 Å². The van der Waals surface area contributed by atoms with Gasteiger partial charge in [-0.25, -0.2) is 0 Å². The first-order valence-corrected chi connectivity index (χ1v) is 6.98. The van der Waals surface area contributed by atoms with Gasteiger partial charge in [-0.15, -0.1) is 0 Å². The van der Waals surface area contributed by atoms with Crippen LogP contribution in [0.25, 0.3) is 0 Å². The average molecular weight is 279 g/mol. The first-order valence-electron chi connectivity index (χ1n) is 6.98. The van der Waals surface area contributed by atoms with Crippen LogP contribution < -0.4 is 10.1 Å². The van der Waals surface area contributed by atoms with Crippen molar-refractivity contribution < 1.29 is 19.0 Å². The molecule has 5 nitrogen and oxygen atoms in total. The smallest absolute Gasteiger partial charge is 0.231 e. The zero-order valence-corrected chi connectivity index (χ0v) is 11.9. The molecule has 0 radical (unpaired) electrons. The quantitative estimate of drug-likeness (QED) is 0.772. The standard InChI is InChI=1S/C15H21NO4/c1-3-18-14(19-4-2)9-16-15(17)12-10-20-13-8-6-5-7-11(12)13/h5-8,12,14H,3-4,9-10H2,1-2H3,(H,16,17). The number of fused-ring (bicyclic) bond motifs is 1. The highest BCUT2D eigenvalue weighted by Gasteiger charge is 2.30. The van der Waals surface area contributed by atoms with Gasteiger partial charge in [-0.1, -0.05) is 18.2 Å². The molecule has 1 aromatic rings. The highest BCUT2D eigenvalue weighted by Crippen LogP contribution is 2.33. The Morgan fingerprint density at radius 3 is 2.75 bits per heavy atom. The molecule has 1 amide bonds. The number of ether oxygens (including phenoxy) is 3. The maximum absolute atomic E-state index is 12.2. The van der Waals surface area contributed by atoms with Crippen molar-refractivity contribution in [1.29, 1.82) is 0 Å². The third-order valence-corrected chi connectivity index (χ3v) is 3.16. The van der Waals surface area contributed by atoms with Gasteiger partial charge in [0.15, 0.2) is 6.29 Å². The van der Waals surface area contributed by atoms with E-state index in [1.54, 1.807) is 0 Å². The van der Waals surface area contributed by atoms with Crippen molar-refractivity contribution >= 4 is 5.91 Å². The SMILES string of the molecule is CCOC(CNC(=O)C1COc2ccccc21)OCC. The van der Waals surface area contributed by atoms with E-state index < -0.39 is 6.29 Å². The first-order chi connectivity index (χ1) is 9.76. The lowest BCUT2D eigenvalue weighted by Crippen LogP contribution is -2.38. The molecule has 0 spiro atoms. The summed E-state index contributed by atoms with van der Waals surface area (Å²) in [6.07, 6.45) is -0.397. The van der Waals surface area contributed by atoms with Crippen molar-refractivity contribution in [2.24, 2.45) is 0 Å². The zero-order chi connectivity index (χ0) is 14.4. The van der Waals surface area contributed by atoms with Crippen molar-refractivity contribution in [3.05, 3.63) is 29.8 Å². The molecule has 1 aliphatic rings. The molecule has 1 unspecified atom stereocenters. The molecule has 0 fully saturated rings. The molecule has 20 heavy (non-hydrogen) atoms. The van der Waals surface area contributed by atoms with Crippen molar-refractivity contribution in [3.8, 4) is 5.75 Å². The summed E-state index contributed by atoms with van der Waals surface area (Å²) in [5, 5.41) is 2.87. The predicted octanol–water partition coefficient (Wildman–Crippen LogP) is 1.68. The van der Waals surface area contributed by atoms with Crippen molar-refractivity contribution in [3.63, 3.8) is 0 Å². The largest absolute Gasteiger partial charge is 0.492 e. The number of rotatable bonds is 7. The topological polar surface area (TPSA) is 56.8 Å². The summed E-state index contributed by atoms with van der Waals surface area (Å²) >= 11 is 0. The molecule has 1 aromatic carbocycles. The number of amides is 1. The molecule has 1 aliphatic heterocycles. The number of carbonyl (C=O) groups is 1. The van der Waals surface area contributed by atoms with Gasteiger partial charge in [-0.2, -0.15) is 0 Å². The number of hydrogen-bond acceptors (Lipinski definition) is 4. The molecule has 2 rings (SSSR count). The van der Waals surface area contributed by atoms with Crippen LogP contribution >= 0.6 is 0 Å². The van der Waals surface area contributed by atoms with E-state index in [4.69, 9.17) is 14.2 Å². The van der Waals surface area contributed by atoms with Crippen LogP contribution in [-0.4, -0.2) is 38.6 Å². The molecule has 1 atom stereocenters. The fourth-order valence-corrected chi connectivity index (χ4v) is 2.22. The van der Waals surface area contributed by atoms with Gasteiger partial charge in [0, 0.05) is 18.8 Å². The maximum Gasteiger partial charge on any atom is 0.231 e. The number of nitrogens with one attached hydrogen (secondary N) is 1. The lowest BCUT2D eigenvalue weighted by molar-refractivity contribution is -0.141. The summed E-state index contributed by atoms with van der Waals surface area (Å²) in [6.45, 7) is 5.63. The van der Waals surface area contributed by atoms with Crippen LogP contribution in [0.15, 0.2) is 24.3 Å². The second kappa shape index (κ2) is 7.26. The van der Waals surface area contributed by atoms with Gasteiger partial charge in [-0.05, 0) is 19.9 Å². The maximum atomic E-state index is 12.2. The van der Waals surface area contributed by atoms with E-state index in [2.05, 4.69) is 5.32 Å². The number of hydrogen-bond donors (Lipinski definition) is 1. The van der Waals surface area contributed by atoms with Crippen LogP contribution in [0.3, 0.4) is 0 Å². The van der Waals surface area contributed by atoms with Gasteiger partial charge in [0.05, 0.1) is 6.54 Å². The Bertz CT molecular complexity index is 443. The molecular weight excluding hydrogens is 258 g/mol. The molecule has 1 heterocycles. The summed E-state index contributed by atoms with van der Waals surface area (Å²) in [5.74, 6) is 0.480. The molecule has 0 saturated carbocycles. The lowest BCUT2D eigenvalue weighted by Gasteiger charge is -2.18.